The summed E-state index contributed by atoms with van der Waals surface area (Å²) in [5.74, 6) is 0.275. The number of ketones is 1. The highest BCUT2D eigenvalue weighted by atomic mass is 32.2. The molecular weight excluding hydrogens is 312 g/mol. The molecule has 0 fully saturated rings. The van der Waals surface area contributed by atoms with E-state index in [2.05, 4.69) is 50.2 Å². The first-order chi connectivity index (χ1) is 11.7. The maximum Gasteiger partial charge on any atom is 0.162 e. The third-order valence-electron chi connectivity index (χ3n) is 4.27. The van der Waals surface area contributed by atoms with Gasteiger partial charge < -0.3 is 0 Å². The lowest BCUT2D eigenvalue weighted by atomic mass is 10.0. The molecule has 0 unspecified atom stereocenters. The number of rotatable bonds is 10. The zero-order valence-corrected chi connectivity index (χ0v) is 15.7. The van der Waals surface area contributed by atoms with Gasteiger partial charge in [-0.1, -0.05) is 81.6 Å². The highest BCUT2D eigenvalue weighted by Crippen LogP contribution is 2.31. The average Bonchev–Trinajstić information content (AvgIpc) is 2.62. The Kier molecular flexibility index (Phi) is 8.11. The van der Waals surface area contributed by atoms with Crippen LogP contribution in [-0.4, -0.2) is 5.78 Å². The second kappa shape index (κ2) is 10.4. The van der Waals surface area contributed by atoms with Crippen molar-refractivity contribution >= 4 is 17.5 Å². The van der Waals surface area contributed by atoms with Gasteiger partial charge in [-0.05, 0) is 36.6 Å². The van der Waals surface area contributed by atoms with Gasteiger partial charge in [0.15, 0.2) is 5.78 Å². The maximum atomic E-state index is 12.2. The van der Waals surface area contributed by atoms with E-state index in [1.807, 2.05) is 12.1 Å². The lowest BCUT2D eigenvalue weighted by molar-refractivity contribution is 0.0979. The number of aryl methyl sites for hydroxylation is 1. The summed E-state index contributed by atoms with van der Waals surface area (Å²) in [6.45, 7) is 4.39. The van der Waals surface area contributed by atoms with Gasteiger partial charge in [0.05, 0.1) is 0 Å². The summed E-state index contributed by atoms with van der Waals surface area (Å²) in [5, 5.41) is 0. The molecule has 0 aliphatic rings. The Hall–Kier alpha value is -1.54. The van der Waals surface area contributed by atoms with E-state index in [4.69, 9.17) is 0 Å². The number of benzene rings is 2. The van der Waals surface area contributed by atoms with Crippen LogP contribution in [0.1, 0.15) is 68.3 Å². The smallest absolute Gasteiger partial charge is 0.162 e. The molecule has 0 saturated heterocycles. The van der Waals surface area contributed by atoms with E-state index in [9.17, 15) is 4.79 Å². The molecule has 2 heteroatoms. The van der Waals surface area contributed by atoms with Crippen LogP contribution >= 0.6 is 11.8 Å². The quantitative estimate of drug-likeness (QED) is 0.344. The van der Waals surface area contributed by atoms with Gasteiger partial charge in [-0.25, -0.2) is 0 Å². The largest absolute Gasteiger partial charge is 0.294 e. The number of hydrogen-bond acceptors (Lipinski definition) is 2. The molecule has 128 valence electrons. The minimum Gasteiger partial charge on any atom is -0.294 e. The predicted molar refractivity (Wildman–Crippen MR) is 104 cm³/mol. The Bertz CT molecular complexity index is 631. The Morgan fingerprint density at radius 1 is 0.875 bits per heavy atom. The summed E-state index contributed by atoms with van der Waals surface area (Å²) in [4.78, 5) is 14.7. The molecule has 2 aromatic rings. The van der Waals surface area contributed by atoms with E-state index >= 15 is 0 Å². The van der Waals surface area contributed by atoms with Crippen molar-refractivity contribution in [3.8, 4) is 0 Å². The Morgan fingerprint density at radius 2 is 1.58 bits per heavy atom. The fraction of sp³-hybridized carbons (Fsp3) is 0.409. The van der Waals surface area contributed by atoms with Gasteiger partial charge in [0.25, 0.3) is 0 Å². The van der Waals surface area contributed by atoms with E-state index < -0.39 is 0 Å². The van der Waals surface area contributed by atoms with Crippen molar-refractivity contribution < 1.29 is 4.79 Å². The van der Waals surface area contributed by atoms with Crippen LogP contribution in [0.3, 0.4) is 0 Å². The van der Waals surface area contributed by atoms with Crippen LogP contribution in [0.15, 0.2) is 58.3 Å². The van der Waals surface area contributed by atoms with Gasteiger partial charge in [0, 0.05) is 21.8 Å². The molecule has 0 aromatic heterocycles. The van der Waals surface area contributed by atoms with Crippen LogP contribution in [0.5, 0.6) is 0 Å². The van der Waals surface area contributed by atoms with Crippen LogP contribution in [0.4, 0.5) is 0 Å². The molecule has 24 heavy (non-hydrogen) atoms. The van der Waals surface area contributed by atoms with Crippen molar-refractivity contribution in [2.45, 2.75) is 68.6 Å². The summed E-state index contributed by atoms with van der Waals surface area (Å²) >= 11 is 1.77. The minimum atomic E-state index is 0.275. The number of carbonyl (C=O) groups is 1. The summed E-state index contributed by atoms with van der Waals surface area (Å²) in [6.07, 6.45) is 7.66. The molecule has 0 saturated carbocycles. The Balaban J connectivity index is 1.89. The third kappa shape index (κ3) is 5.83. The van der Waals surface area contributed by atoms with E-state index in [1.54, 1.807) is 11.8 Å². The molecule has 0 spiro atoms. The van der Waals surface area contributed by atoms with Crippen LogP contribution in [0, 0.1) is 0 Å². The monoisotopic (exact) mass is 340 g/mol. The van der Waals surface area contributed by atoms with Gasteiger partial charge in [0.1, 0.15) is 0 Å². The highest BCUT2D eigenvalue weighted by molar-refractivity contribution is 7.99. The first kappa shape index (κ1) is 18.8. The second-order valence-electron chi connectivity index (χ2n) is 6.18. The summed E-state index contributed by atoms with van der Waals surface area (Å²) in [6, 6.07) is 16.6. The van der Waals surface area contributed by atoms with Crippen LogP contribution in [-0.2, 0) is 6.42 Å². The van der Waals surface area contributed by atoms with Gasteiger partial charge in [-0.2, -0.15) is 0 Å². The average molecular weight is 341 g/mol. The Labute approximate surface area is 150 Å². The molecule has 2 aromatic carbocycles. The van der Waals surface area contributed by atoms with Crippen molar-refractivity contribution in [2.24, 2.45) is 0 Å². The molecule has 0 heterocycles. The lowest BCUT2D eigenvalue weighted by Crippen LogP contribution is -1.98. The topological polar surface area (TPSA) is 17.1 Å². The van der Waals surface area contributed by atoms with Crippen molar-refractivity contribution in [1.82, 2.24) is 0 Å². The first-order valence-corrected chi connectivity index (χ1v) is 9.95. The predicted octanol–water partition coefficient (Wildman–Crippen LogP) is 6.94. The molecule has 0 radical (unpaired) electrons. The Morgan fingerprint density at radius 3 is 2.29 bits per heavy atom. The first-order valence-electron chi connectivity index (χ1n) is 9.13. The second-order valence-corrected chi connectivity index (χ2v) is 7.29. The summed E-state index contributed by atoms with van der Waals surface area (Å²) < 4.78 is 0. The van der Waals surface area contributed by atoms with Gasteiger partial charge in [-0.3, -0.25) is 4.79 Å². The molecule has 2 rings (SSSR count). The van der Waals surface area contributed by atoms with Crippen molar-refractivity contribution in [1.29, 1.82) is 0 Å². The molecule has 0 amide bonds. The standard InChI is InChI=1S/C22H28OS/c1-3-5-6-7-8-12-21(23)19-14-16-20(17-15-19)24-22-13-10-9-11-18(22)4-2/h9-11,13-17H,3-8,12H2,1-2H3. The van der Waals surface area contributed by atoms with Gasteiger partial charge >= 0.3 is 0 Å². The van der Waals surface area contributed by atoms with Crippen LogP contribution < -0.4 is 0 Å². The number of hydrogen-bond donors (Lipinski definition) is 0. The van der Waals surface area contributed by atoms with Crippen molar-refractivity contribution in [2.75, 3.05) is 0 Å². The van der Waals surface area contributed by atoms with E-state index in [0.29, 0.717) is 6.42 Å². The fourth-order valence-electron chi connectivity index (χ4n) is 2.76. The molecular formula is C22H28OS. The fourth-order valence-corrected chi connectivity index (χ4v) is 3.78. The number of carbonyl (C=O) groups excluding carboxylic acids is 1. The van der Waals surface area contributed by atoms with E-state index in [0.717, 1.165) is 18.4 Å². The third-order valence-corrected chi connectivity index (χ3v) is 5.39. The molecule has 0 bridgehead atoms. The van der Waals surface area contributed by atoms with Crippen molar-refractivity contribution in [3.63, 3.8) is 0 Å². The molecule has 0 aliphatic heterocycles. The lowest BCUT2D eigenvalue weighted by Gasteiger charge is -2.08. The highest BCUT2D eigenvalue weighted by Gasteiger charge is 2.07. The normalized spacial score (nSPS) is 10.8. The molecule has 1 nitrogen and oxygen atoms in total. The SMILES string of the molecule is CCCCCCCC(=O)c1ccc(Sc2ccccc2CC)cc1. The molecule has 0 aliphatic carbocycles. The molecule has 0 atom stereocenters. The summed E-state index contributed by atoms with van der Waals surface area (Å²) in [7, 11) is 0. The van der Waals surface area contributed by atoms with Gasteiger partial charge in [0.2, 0.25) is 0 Å². The van der Waals surface area contributed by atoms with E-state index in [1.165, 1.54) is 41.0 Å². The van der Waals surface area contributed by atoms with Crippen LogP contribution in [0.25, 0.3) is 0 Å². The number of Topliss-reactive ketones (excluding diaryl/α,β-unsaturated/α-hetero) is 1. The minimum absolute atomic E-state index is 0.275. The van der Waals surface area contributed by atoms with Gasteiger partial charge in [-0.15, -0.1) is 0 Å². The van der Waals surface area contributed by atoms with E-state index in [-0.39, 0.29) is 5.78 Å². The zero-order valence-electron chi connectivity index (χ0n) is 14.9. The molecule has 0 N–H and O–H groups in total. The van der Waals surface area contributed by atoms with Crippen molar-refractivity contribution in [3.05, 3.63) is 59.7 Å². The summed E-state index contributed by atoms with van der Waals surface area (Å²) in [5.41, 5.74) is 2.22. The number of unbranched alkanes of at least 4 members (excludes halogenated alkanes) is 4. The van der Waals surface area contributed by atoms with Crippen LogP contribution in [0.2, 0.25) is 0 Å². The maximum absolute atomic E-state index is 12.2. The zero-order chi connectivity index (χ0) is 17.2.